The van der Waals surface area contributed by atoms with E-state index in [-0.39, 0.29) is 0 Å². The standard InChI is InChI=1S/C18H30N2O/c1-2-3-4-5-6-7-15-21-18-10-8-9-17(16-18)20-13-11-19-12-14-20/h8-10,16,19H,2-7,11-15H2,1H3. The predicted octanol–water partition coefficient (Wildman–Crippen LogP) is 3.84. The number of anilines is 1. The van der Waals surface area contributed by atoms with Gasteiger partial charge in [-0.05, 0) is 18.6 Å². The van der Waals surface area contributed by atoms with Gasteiger partial charge in [0.05, 0.1) is 6.61 Å². The van der Waals surface area contributed by atoms with Gasteiger partial charge in [-0.2, -0.15) is 0 Å². The second-order valence-corrected chi connectivity index (χ2v) is 5.85. The molecule has 1 aromatic rings. The van der Waals surface area contributed by atoms with Crippen LogP contribution < -0.4 is 15.0 Å². The Hall–Kier alpha value is -1.22. The Balaban J connectivity index is 1.68. The van der Waals surface area contributed by atoms with Gasteiger partial charge in [0, 0.05) is 37.9 Å². The van der Waals surface area contributed by atoms with Gasteiger partial charge >= 0.3 is 0 Å². The highest BCUT2D eigenvalue weighted by Gasteiger charge is 2.10. The summed E-state index contributed by atoms with van der Waals surface area (Å²) in [7, 11) is 0. The first-order chi connectivity index (χ1) is 10.4. The Morgan fingerprint density at radius 1 is 1.05 bits per heavy atom. The second-order valence-electron chi connectivity index (χ2n) is 5.85. The first kappa shape index (κ1) is 16.2. The smallest absolute Gasteiger partial charge is 0.121 e. The van der Waals surface area contributed by atoms with Crippen LogP contribution in [0.2, 0.25) is 0 Å². The molecule has 2 rings (SSSR count). The first-order valence-corrected chi connectivity index (χ1v) is 8.58. The molecule has 0 radical (unpaired) electrons. The van der Waals surface area contributed by atoms with E-state index in [4.69, 9.17) is 4.74 Å². The van der Waals surface area contributed by atoms with Crippen LogP contribution >= 0.6 is 0 Å². The van der Waals surface area contributed by atoms with Crippen LogP contribution in [0.25, 0.3) is 0 Å². The van der Waals surface area contributed by atoms with E-state index in [2.05, 4.69) is 41.4 Å². The summed E-state index contributed by atoms with van der Waals surface area (Å²) >= 11 is 0. The zero-order chi connectivity index (χ0) is 14.8. The van der Waals surface area contributed by atoms with Crippen LogP contribution in [0.3, 0.4) is 0 Å². The molecule has 118 valence electrons. The van der Waals surface area contributed by atoms with Gasteiger partial charge in [-0.3, -0.25) is 0 Å². The average molecular weight is 290 g/mol. The van der Waals surface area contributed by atoms with Gasteiger partial charge in [0.15, 0.2) is 0 Å². The summed E-state index contributed by atoms with van der Waals surface area (Å²) in [5.74, 6) is 1.01. The maximum atomic E-state index is 5.90. The average Bonchev–Trinajstić information content (AvgIpc) is 2.55. The highest BCUT2D eigenvalue weighted by atomic mass is 16.5. The first-order valence-electron chi connectivity index (χ1n) is 8.58. The zero-order valence-corrected chi connectivity index (χ0v) is 13.4. The minimum Gasteiger partial charge on any atom is -0.494 e. The molecule has 1 aromatic carbocycles. The van der Waals surface area contributed by atoms with Crippen molar-refractivity contribution in [1.82, 2.24) is 5.32 Å². The van der Waals surface area contributed by atoms with E-state index in [1.54, 1.807) is 0 Å². The van der Waals surface area contributed by atoms with Crippen molar-refractivity contribution >= 4 is 5.69 Å². The maximum absolute atomic E-state index is 5.90. The Morgan fingerprint density at radius 3 is 2.62 bits per heavy atom. The molecular weight excluding hydrogens is 260 g/mol. The molecule has 1 heterocycles. The van der Waals surface area contributed by atoms with E-state index in [9.17, 15) is 0 Å². The Kier molecular flexibility index (Phi) is 7.44. The third kappa shape index (κ3) is 5.96. The summed E-state index contributed by atoms with van der Waals surface area (Å²) in [5, 5.41) is 3.39. The number of nitrogens with zero attached hydrogens (tertiary/aromatic N) is 1. The SMILES string of the molecule is CCCCCCCCOc1cccc(N2CCNCC2)c1. The molecule has 1 aliphatic heterocycles. The fourth-order valence-corrected chi connectivity index (χ4v) is 2.77. The largest absolute Gasteiger partial charge is 0.494 e. The molecule has 0 atom stereocenters. The molecule has 1 aliphatic rings. The molecule has 0 aliphatic carbocycles. The lowest BCUT2D eigenvalue weighted by Gasteiger charge is -2.29. The molecule has 1 fully saturated rings. The molecule has 0 unspecified atom stereocenters. The number of ether oxygens (including phenoxy) is 1. The second kappa shape index (κ2) is 9.67. The van der Waals surface area contributed by atoms with E-state index in [1.165, 1.54) is 44.2 Å². The third-order valence-corrected chi connectivity index (χ3v) is 4.07. The van der Waals surface area contributed by atoms with Crippen LogP contribution in [-0.2, 0) is 0 Å². The van der Waals surface area contributed by atoms with Crippen molar-refractivity contribution in [2.24, 2.45) is 0 Å². The van der Waals surface area contributed by atoms with Crippen LogP contribution in [0.4, 0.5) is 5.69 Å². The topological polar surface area (TPSA) is 24.5 Å². The van der Waals surface area contributed by atoms with Crippen molar-refractivity contribution < 1.29 is 4.74 Å². The van der Waals surface area contributed by atoms with Crippen LogP contribution in [0.5, 0.6) is 5.75 Å². The van der Waals surface area contributed by atoms with Crippen molar-refractivity contribution in [2.45, 2.75) is 45.4 Å². The van der Waals surface area contributed by atoms with Crippen LogP contribution in [0.15, 0.2) is 24.3 Å². The molecule has 0 bridgehead atoms. The number of hydrogen-bond donors (Lipinski definition) is 1. The van der Waals surface area contributed by atoms with E-state index in [0.29, 0.717) is 0 Å². The van der Waals surface area contributed by atoms with Crippen molar-refractivity contribution in [3.63, 3.8) is 0 Å². The minimum atomic E-state index is 0.844. The van der Waals surface area contributed by atoms with Crippen molar-refractivity contribution in [2.75, 3.05) is 37.7 Å². The summed E-state index contributed by atoms with van der Waals surface area (Å²) in [6.45, 7) is 7.42. The number of unbranched alkanes of at least 4 members (excludes halogenated alkanes) is 5. The predicted molar refractivity (Wildman–Crippen MR) is 90.4 cm³/mol. The molecule has 1 N–H and O–H groups in total. The highest BCUT2D eigenvalue weighted by Crippen LogP contribution is 2.21. The van der Waals surface area contributed by atoms with E-state index in [1.807, 2.05) is 0 Å². The molecule has 1 saturated heterocycles. The normalized spacial score (nSPS) is 15.2. The molecule has 0 saturated carbocycles. The van der Waals surface area contributed by atoms with Crippen molar-refractivity contribution in [1.29, 1.82) is 0 Å². The zero-order valence-electron chi connectivity index (χ0n) is 13.4. The minimum absolute atomic E-state index is 0.844. The molecule has 0 spiro atoms. The van der Waals surface area contributed by atoms with Gasteiger partial charge in [0.25, 0.3) is 0 Å². The number of nitrogens with one attached hydrogen (secondary N) is 1. The number of hydrogen-bond acceptors (Lipinski definition) is 3. The molecular formula is C18H30N2O. The number of rotatable bonds is 9. The van der Waals surface area contributed by atoms with Crippen molar-refractivity contribution in [3.8, 4) is 5.75 Å². The van der Waals surface area contributed by atoms with E-state index in [0.717, 1.165) is 38.5 Å². The quantitative estimate of drug-likeness (QED) is 0.699. The van der Waals surface area contributed by atoms with Gasteiger partial charge in [-0.25, -0.2) is 0 Å². The fourth-order valence-electron chi connectivity index (χ4n) is 2.77. The Bertz CT molecular complexity index is 389. The molecule has 3 heteroatoms. The fraction of sp³-hybridized carbons (Fsp3) is 0.667. The number of benzene rings is 1. The van der Waals surface area contributed by atoms with Gasteiger partial charge in [-0.15, -0.1) is 0 Å². The van der Waals surface area contributed by atoms with E-state index >= 15 is 0 Å². The lowest BCUT2D eigenvalue weighted by Crippen LogP contribution is -2.43. The van der Waals surface area contributed by atoms with Crippen LogP contribution in [0.1, 0.15) is 45.4 Å². The van der Waals surface area contributed by atoms with Crippen molar-refractivity contribution in [3.05, 3.63) is 24.3 Å². The highest BCUT2D eigenvalue weighted by molar-refractivity contribution is 5.51. The Morgan fingerprint density at radius 2 is 1.81 bits per heavy atom. The molecule has 0 amide bonds. The Labute approximate surface area is 129 Å². The molecule has 21 heavy (non-hydrogen) atoms. The summed E-state index contributed by atoms with van der Waals surface area (Å²) in [5.41, 5.74) is 1.29. The summed E-state index contributed by atoms with van der Waals surface area (Å²) < 4.78 is 5.90. The van der Waals surface area contributed by atoms with Gasteiger partial charge in [0.2, 0.25) is 0 Å². The monoisotopic (exact) mass is 290 g/mol. The summed E-state index contributed by atoms with van der Waals surface area (Å²) in [6, 6.07) is 8.54. The molecule has 3 nitrogen and oxygen atoms in total. The van der Waals surface area contributed by atoms with E-state index < -0.39 is 0 Å². The third-order valence-electron chi connectivity index (χ3n) is 4.07. The molecule has 0 aromatic heterocycles. The number of piperazine rings is 1. The maximum Gasteiger partial charge on any atom is 0.121 e. The van der Waals surface area contributed by atoms with Gasteiger partial charge < -0.3 is 15.0 Å². The van der Waals surface area contributed by atoms with Gasteiger partial charge in [0.1, 0.15) is 5.75 Å². The van der Waals surface area contributed by atoms with Gasteiger partial charge in [-0.1, -0.05) is 45.1 Å². The summed E-state index contributed by atoms with van der Waals surface area (Å²) in [4.78, 5) is 2.42. The summed E-state index contributed by atoms with van der Waals surface area (Å²) in [6.07, 6.45) is 7.86. The van der Waals surface area contributed by atoms with Crippen LogP contribution in [0, 0.1) is 0 Å². The lowest BCUT2D eigenvalue weighted by molar-refractivity contribution is 0.304. The van der Waals surface area contributed by atoms with Crippen LogP contribution in [-0.4, -0.2) is 32.8 Å². The lowest BCUT2D eigenvalue weighted by atomic mass is 10.1.